The van der Waals surface area contributed by atoms with Crippen molar-refractivity contribution in [3.63, 3.8) is 0 Å². The number of phenols is 1. The van der Waals surface area contributed by atoms with Crippen molar-refractivity contribution in [2.24, 2.45) is 0 Å². The van der Waals surface area contributed by atoms with Gasteiger partial charge in [0.25, 0.3) is 0 Å². The molecule has 1 fully saturated rings. The number of phenolic OH excluding ortho intramolecular Hbond substituents is 1. The largest absolute Gasteiger partial charge is 0.507 e. The number of ketones is 1. The zero-order chi connectivity index (χ0) is 25.9. The Kier molecular flexibility index (Phi) is 6.92. The molecule has 2 aliphatic heterocycles. The predicted octanol–water partition coefficient (Wildman–Crippen LogP) is 4.36. The second-order valence-electron chi connectivity index (χ2n) is 8.95. The molecule has 3 aromatic rings. The van der Waals surface area contributed by atoms with Gasteiger partial charge in [0.15, 0.2) is 5.76 Å². The molecule has 0 amide bonds. The van der Waals surface area contributed by atoms with Gasteiger partial charge >= 0.3 is 0 Å². The van der Waals surface area contributed by atoms with E-state index < -0.39 is 0 Å². The lowest BCUT2D eigenvalue weighted by molar-refractivity contribution is 0.101. The molecule has 2 aliphatic rings. The van der Waals surface area contributed by atoms with Crippen molar-refractivity contribution < 1.29 is 28.8 Å². The van der Waals surface area contributed by atoms with Gasteiger partial charge in [0.05, 0.1) is 32.5 Å². The van der Waals surface area contributed by atoms with Crippen LogP contribution in [0.4, 0.5) is 5.69 Å². The quantitative estimate of drug-likeness (QED) is 0.478. The fourth-order valence-corrected chi connectivity index (χ4v) is 4.72. The molecule has 0 bridgehead atoms. The van der Waals surface area contributed by atoms with E-state index in [4.69, 9.17) is 18.9 Å². The van der Waals surface area contributed by atoms with Gasteiger partial charge in [-0.1, -0.05) is 0 Å². The van der Waals surface area contributed by atoms with Crippen LogP contribution in [-0.4, -0.2) is 63.3 Å². The van der Waals surface area contributed by atoms with Crippen molar-refractivity contribution in [2.45, 2.75) is 6.54 Å². The lowest BCUT2D eigenvalue weighted by Gasteiger charge is -2.36. The number of hydrogen-bond donors (Lipinski definition) is 1. The van der Waals surface area contributed by atoms with E-state index in [0.29, 0.717) is 40.5 Å². The summed E-state index contributed by atoms with van der Waals surface area (Å²) in [5, 5.41) is 10.7. The van der Waals surface area contributed by atoms with Gasteiger partial charge in [0.1, 0.15) is 28.7 Å². The third-order valence-corrected chi connectivity index (χ3v) is 6.83. The van der Waals surface area contributed by atoms with Gasteiger partial charge in [0, 0.05) is 44.0 Å². The highest BCUT2D eigenvalue weighted by Crippen LogP contribution is 2.41. The van der Waals surface area contributed by atoms with Gasteiger partial charge in [-0.25, -0.2) is 0 Å². The molecule has 8 heteroatoms. The van der Waals surface area contributed by atoms with Gasteiger partial charge < -0.3 is 29.0 Å². The number of nitrogens with zero attached hydrogens (tertiary/aromatic N) is 2. The van der Waals surface area contributed by atoms with Crippen molar-refractivity contribution in [3.05, 3.63) is 77.0 Å². The zero-order valence-electron chi connectivity index (χ0n) is 21.2. The highest BCUT2D eigenvalue weighted by atomic mass is 16.5. The van der Waals surface area contributed by atoms with Crippen molar-refractivity contribution in [3.8, 4) is 28.7 Å². The number of carbonyl (C=O) groups is 1. The lowest BCUT2D eigenvalue weighted by Crippen LogP contribution is -2.46. The highest BCUT2D eigenvalue weighted by Gasteiger charge is 2.32. The van der Waals surface area contributed by atoms with Crippen molar-refractivity contribution in [2.75, 3.05) is 52.4 Å². The van der Waals surface area contributed by atoms with Crippen LogP contribution in [0.1, 0.15) is 21.5 Å². The number of benzene rings is 3. The number of methoxy groups -OCH3 is 3. The van der Waals surface area contributed by atoms with Gasteiger partial charge in [-0.2, -0.15) is 0 Å². The Hall–Kier alpha value is -4.17. The summed E-state index contributed by atoms with van der Waals surface area (Å²) in [6.45, 7) is 3.81. The van der Waals surface area contributed by atoms with E-state index in [-0.39, 0.29) is 17.3 Å². The first-order valence-corrected chi connectivity index (χ1v) is 12.1. The molecule has 1 saturated heterocycles. The fraction of sp³-hybridized carbons (Fsp3) is 0.276. The molecule has 0 unspecified atom stereocenters. The summed E-state index contributed by atoms with van der Waals surface area (Å²) in [5.41, 5.74) is 2.88. The molecule has 1 N–H and O–H groups in total. The predicted molar refractivity (Wildman–Crippen MR) is 141 cm³/mol. The molecule has 0 aromatic heterocycles. The summed E-state index contributed by atoms with van der Waals surface area (Å²) in [6.07, 6.45) is 1.65. The topological polar surface area (TPSA) is 80.7 Å². The molecule has 5 rings (SSSR count). The molecule has 0 atom stereocenters. The van der Waals surface area contributed by atoms with Crippen LogP contribution in [-0.2, 0) is 6.54 Å². The second kappa shape index (κ2) is 10.4. The zero-order valence-corrected chi connectivity index (χ0v) is 21.2. The minimum absolute atomic E-state index is 0.115. The van der Waals surface area contributed by atoms with Crippen molar-refractivity contribution in [1.82, 2.24) is 4.90 Å². The molecule has 0 saturated carbocycles. The third-order valence-electron chi connectivity index (χ3n) is 6.83. The Morgan fingerprint density at radius 2 is 1.59 bits per heavy atom. The number of Topliss-reactive ketones (excluding diaryl/α,β-unsaturated/α-hetero) is 1. The minimum Gasteiger partial charge on any atom is -0.507 e. The molecular formula is C29H30N2O6. The Bertz CT molecular complexity index is 1330. The lowest BCUT2D eigenvalue weighted by atomic mass is 10.0. The first-order chi connectivity index (χ1) is 18.0. The molecular weight excluding hydrogens is 472 g/mol. The van der Waals surface area contributed by atoms with Crippen LogP contribution in [0.2, 0.25) is 0 Å². The van der Waals surface area contributed by atoms with E-state index in [9.17, 15) is 9.90 Å². The highest BCUT2D eigenvalue weighted by molar-refractivity contribution is 6.15. The third kappa shape index (κ3) is 4.93. The van der Waals surface area contributed by atoms with E-state index in [1.54, 1.807) is 57.7 Å². The smallest absolute Gasteiger partial charge is 0.231 e. The Morgan fingerprint density at radius 3 is 2.27 bits per heavy atom. The monoisotopic (exact) mass is 502 g/mol. The maximum absolute atomic E-state index is 13.2. The molecule has 0 spiro atoms. The first kappa shape index (κ1) is 24.5. The normalized spacial score (nSPS) is 16.5. The summed E-state index contributed by atoms with van der Waals surface area (Å²) in [5.74, 6) is 2.55. The molecule has 0 aliphatic carbocycles. The summed E-state index contributed by atoms with van der Waals surface area (Å²) < 4.78 is 22.1. The summed E-state index contributed by atoms with van der Waals surface area (Å²) in [7, 11) is 4.81. The maximum atomic E-state index is 13.2. The SMILES string of the molecule is COc1ccc(N2CCN(Cc3c(O)ccc4c3O/C(=C/c3cc(OC)ccc3OC)C4=O)CC2)cc1. The maximum Gasteiger partial charge on any atom is 0.231 e. The number of hydrogen-bond acceptors (Lipinski definition) is 8. The number of aromatic hydroxyl groups is 1. The van der Waals surface area contributed by atoms with E-state index in [1.807, 2.05) is 12.1 Å². The summed E-state index contributed by atoms with van der Waals surface area (Å²) in [6, 6.07) is 16.6. The van der Waals surface area contributed by atoms with Gasteiger partial charge in [-0.15, -0.1) is 0 Å². The molecule has 3 aromatic carbocycles. The number of piperazine rings is 1. The van der Waals surface area contributed by atoms with Crippen LogP contribution < -0.4 is 23.8 Å². The number of rotatable bonds is 7. The van der Waals surface area contributed by atoms with Crippen LogP contribution in [0.5, 0.6) is 28.7 Å². The van der Waals surface area contributed by atoms with Gasteiger partial charge in [-0.3, -0.25) is 9.69 Å². The average Bonchev–Trinajstić information content (AvgIpc) is 3.25. The van der Waals surface area contributed by atoms with Gasteiger partial charge in [-0.05, 0) is 60.7 Å². The number of allylic oxidation sites excluding steroid dienone is 1. The number of anilines is 1. The Morgan fingerprint density at radius 1 is 0.892 bits per heavy atom. The molecule has 37 heavy (non-hydrogen) atoms. The van der Waals surface area contributed by atoms with Crippen LogP contribution in [0.3, 0.4) is 0 Å². The molecule has 0 radical (unpaired) electrons. The standard InChI is InChI=1S/C29H30N2O6/c1-34-21-6-4-20(5-7-21)31-14-12-30(13-15-31)18-24-25(32)10-9-23-28(33)27(37-29(23)24)17-19-16-22(35-2)8-11-26(19)36-3/h4-11,16-17,32H,12-15,18H2,1-3H3/b27-17+. The van der Waals surface area contributed by atoms with Gasteiger partial charge in [0.2, 0.25) is 5.78 Å². The molecule has 2 heterocycles. The number of fused-ring (bicyclic) bond motifs is 1. The van der Waals surface area contributed by atoms with Crippen LogP contribution in [0.15, 0.2) is 60.4 Å². The van der Waals surface area contributed by atoms with Crippen LogP contribution >= 0.6 is 0 Å². The van der Waals surface area contributed by atoms with Crippen LogP contribution in [0.25, 0.3) is 6.08 Å². The number of carbonyl (C=O) groups excluding carboxylic acids is 1. The summed E-state index contributed by atoms with van der Waals surface area (Å²) >= 11 is 0. The Labute approximate surface area is 216 Å². The van der Waals surface area contributed by atoms with E-state index in [2.05, 4.69) is 21.9 Å². The minimum atomic E-state index is -0.231. The molecule has 192 valence electrons. The summed E-state index contributed by atoms with van der Waals surface area (Å²) in [4.78, 5) is 17.8. The van der Waals surface area contributed by atoms with Crippen molar-refractivity contribution in [1.29, 1.82) is 0 Å². The molecule has 8 nitrogen and oxygen atoms in total. The van der Waals surface area contributed by atoms with Crippen LogP contribution in [0, 0.1) is 0 Å². The average molecular weight is 503 g/mol. The van der Waals surface area contributed by atoms with E-state index >= 15 is 0 Å². The Balaban J connectivity index is 1.33. The fourth-order valence-electron chi connectivity index (χ4n) is 4.72. The first-order valence-electron chi connectivity index (χ1n) is 12.1. The second-order valence-corrected chi connectivity index (χ2v) is 8.95. The number of ether oxygens (including phenoxy) is 4. The van der Waals surface area contributed by atoms with Crippen molar-refractivity contribution >= 4 is 17.5 Å². The van der Waals surface area contributed by atoms with E-state index in [0.717, 1.165) is 37.6 Å². The van der Waals surface area contributed by atoms with E-state index in [1.165, 1.54) is 0 Å².